The predicted octanol–water partition coefficient (Wildman–Crippen LogP) is 3.73. The number of nitrogen functional groups attached to an aromatic ring is 1. The van der Waals surface area contributed by atoms with E-state index in [9.17, 15) is 0 Å². The van der Waals surface area contributed by atoms with Crippen LogP contribution in [0.5, 0.6) is 0 Å². The number of benzene rings is 2. The van der Waals surface area contributed by atoms with Crippen LogP contribution in [0.4, 0.5) is 5.82 Å². The van der Waals surface area contributed by atoms with Crippen LogP contribution in [0, 0.1) is 0 Å². The molecule has 0 aliphatic heterocycles. The number of anilines is 1. The van der Waals surface area contributed by atoms with E-state index in [2.05, 4.69) is 33.0 Å². The summed E-state index contributed by atoms with van der Waals surface area (Å²) < 4.78 is 0.974. The summed E-state index contributed by atoms with van der Waals surface area (Å²) in [6.07, 6.45) is 0. The van der Waals surface area contributed by atoms with Gasteiger partial charge in [-0.05, 0) is 27.4 Å². The molecule has 0 bridgehead atoms. The summed E-state index contributed by atoms with van der Waals surface area (Å²) in [5.74, 6) is 0.579. The van der Waals surface area contributed by atoms with E-state index in [1.165, 1.54) is 0 Å². The fourth-order valence-corrected chi connectivity index (χ4v) is 2.42. The van der Waals surface area contributed by atoms with E-state index in [1.54, 1.807) is 0 Å². The first-order valence-electron chi connectivity index (χ1n) is 5.00. The molecule has 3 aromatic rings. The summed E-state index contributed by atoms with van der Waals surface area (Å²) in [5.41, 5.74) is 6.87. The third kappa shape index (κ3) is 1.28. The Labute approximate surface area is 101 Å². The van der Waals surface area contributed by atoms with E-state index < -0.39 is 0 Å². The SMILES string of the molecule is Nc1nc2c(Br)cccc2c2ccccc12. The standard InChI is InChI=1S/C13H9BrN2/c14-11-7-3-6-9-8-4-1-2-5-10(8)13(15)16-12(9)11/h1-7H,(H2,15,16). The monoisotopic (exact) mass is 272 g/mol. The van der Waals surface area contributed by atoms with Crippen molar-refractivity contribution in [3.05, 3.63) is 46.9 Å². The van der Waals surface area contributed by atoms with Gasteiger partial charge in [-0.2, -0.15) is 0 Å². The van der Waals surface area contributed by atoms with Gasteiger partial charge in [-0.25, -0.2) is 4.98 Å². The van der Waals surface area contributed by atoms with Gasteiger partial charge in [0.05, 0.1) is 5.52 Å². The Kier molecular flexibility index (Phi) is 2.07. The third-order valence-corrected chi connectivity index (χ3v) is 3.35. The second kappa shape index (κ2) is 3.46. The highest BCUT2D eigenvalue weighted by Gasteiger charge is 2.06. The van der Waals surface area contributed by atoms with Gasteiger partial charge in [0.15, 0.2) is 0 Å². The minimum atomic E-state index is 0.579. The molecule has 78 valence electrons. The molecule has 3 rings (SSSR count). The molecule has 0 spiro atoms. The lowest BCUT2D eigenvalue weighted by atomic mass is 10.1. The smallest absolute Gasteiger partial charge is 0.132 e. The Bertz CT molecular complexity index is 687. The number of fused-ring (bicyclic) bond motifs is 3. The van der Waals surface area contributed by atoms with Crippen LogP contribution in [-0.2, 0) is 0 Å². The molecular weight excluding hydrogens is 264 g/mol. The van der Waals surface area contributed by atoms with Gasteiger partial charge < -0.3 is 5.73 Å². The summed E-state index contributed by atoms with van der Waals surface area (Å²) in [7, 11) is 0. The maximum absolute atomic E-state index is 5.96. The summed E-state index contributed by atoms with van der Waals surface area (Å²) in [6.45, 7) is 0. The van der Waals surface area contributed by atoms with Crippen LogP contribution in [-0.4, -0.2) is 4.98 Å². The van der Waals surface area contributed by atoms with Crippen LogP contribution < -0.4 is 5.73 Å². The van der Waals surface area contributed by atoms with Gasteiger partial charge in [0.2, 0.25) is 0 Å². The quantitative estimate of drug-likeness (QED) is 0.634. The first-order valence-corrected chi connectivity index (χ1v) is 5.79. The van der Waals surface area contributed by atoms with Crippen molar-refractivity contribution in [3.63, 3.8) is 0 Å². The number of pyridine rings is 1. The number of aromatic nitrogens is 1. The molecule has 0 saturated heterocycles. The lowest BCUT2D eigenvalue weighted by Gasteiger charge is -2.07. The number of rotatable bonds is 0. The van der Waals surface area contributed by atoms with Crippen LogP contribution in [0.3, 0.4) is 0 Å². The topological polar surface area (TPSA) is 38.9 Å². The van der Waals surface area contributed by atoms with Gasteiger partial charge in [-0.3, -0.25) is 0 Å². The average Bonchev–Trinajstić information content (AvgIpc) is 2.31. The minimum Gasteiger partial charge on any atom is -0.383 e. The van der Waals surface area contributed by atoms with Crippen molar-refractivity contribution in [1.82, 2.24) is 4.98 Å². The number of nitrogens with zero attached hydrogens (tertiary/aromatic N) is 1. The molecule has 0 fully saturated rings. The van der Waals surface area contributed by atoms with Gasteiger partial charge in [-0.15, -0.1) is 0 Å². The molecular formula is C13H9BrN2. The van der Waals surface area contributed by atoms with Crippen LogP contribution in [0.25, 0.3) is 21.7 Å². The van der Waals surface area contributed by atoms with Crippen LogP contribution >= 0.6 is 15.9 Å². The lowest BCUT2D eigenvalue weighted by molar-refractivity contribution is 1.43. The molecule has 2 aromatic carbocycles. The second-order valence-electron chi connectivity index (χ2n) is 3.68. The van der Waals surface area contributed by atoms with Crippen molar-refractivity contribution in [3.8, 4) is 0 Å². The Balaban J connectivity index is 2.64. The highest BCUT2D eigenvalue weighted by molar-refractivity contribution is 9.10. The van der Waals surface area contributed by atoms with Gasteiger partial charge in [0.1, 0.15) is 5.82 Å². The van der Waals surface area contributed by atoms with Crippen LogP contribution in [0.1, 0.15) is 0 Å². The van der Waals surface area contributed by atoms with Crippen molar-refractivity contribution in [2.45, 2.75) is 0 Å². The fourth-order valence-electron chi connectivity index (χ4n) is 1.97. The average molecular weight is 273 g/mol. The molecule has 2 nitrogen and oxygen atoms in total. The Morgan fingerprint density at radius 3 is 2.38 bits per heavy atom. The number of nitrogens with two attached hydrogens (primary N) is 1. The highest BCUT2D eigenvalue weighted by atomic mass is 79.9. The number of hydrogen-bond acceptors (Lipinski definition) is 2. The number of para-hydroxylation sites is 1. The molecule has 0 aliphatic carbocycles. The minimum absolute atomic E-state index is 0.579. The van der Waals surface area contributed by atoms with Crippen molar-refractivity contribution in [1.29, 1.82) is 0 Å². The Morgan fingerprint density at radius 2 is 1.56 bits per heavy atom. The van der Waals surface area contributed by atoms with Gasteiger partial charge in [0.25, 0.3) is 0 Å². The predicted molar refractivity (Wildman–Crippen MR) is 71.4 cm³/mol. The van der Waals surface area contributed by atoms with E-state index in [0.29, 0.717) is 5.82 Å². The van der Waals surface area contributed by atoms with Gasteiger partial charge in [0, 0.05) is 15.2 Å². The largest absolute Gasteiger partial charge is 0.383 e. The molecule has 16 heavy (non-hydrogen) atoms. The highest BCUT2D eigenvalue weighted by Crippen LogP contribution is 2.31. The van der Waals surface area contributed by atoms with Crippen molar-refractivity contribution >= 4 is 43.4 Å². The summed E-state index contributed by atoms with van der Waals surface area (Å²) in [6, 6.07) is 14.1. The van der Waals surface area contributed by atoms with Gasteiger partial charge >= 0.3 is 0 Å². The molecule has 0 amide bonds. The summed E-state index contributed by atoms with van der Waals surface area (Å²) in [5, 5.41) is 3.28. The number of halogens is 1. The Hall–Kier alpha value is -1.61. The second-order valence-corrected chi connectivity index (χ2v) is 4.53. The first-order chi connectivity index (χ1) is 7.77. The zero-order valence-electron chi connectivity index (χ0n) is 8.44. The van der Waals surface area contributed by atoms with Crippen LogP contribution in [0.15, 0.2) is 46.9 Å². The van der Waals surface area contributed by atoms with E-state index in [4.69, 9.17) is 5.73 Å². The van der Waals surface area contributed by atoms with Crippen molar-refractivity contribution < 1.29 is 0 Å². The van der Waals surface area contributed by atoms with E-state index in [1.807, 2.05) is 30.3 Å². The number of hydrogen-bond donors (Lipinski definition) is 1. The normalized spacial score (nSPS) is 11.1. The molecule has 2 N–H and O–H groups in total. The molecule has 1 heterocycles. The van der Waals surface area contributed by atoms with Gasteiger partial charge in [-0.1, -0.05) is 36.4 Å². The maximum Gasteiger partial charge on any atom is 0.132 e. The third-order valence-electron chi connectivity index (χ3n) is 2.71. The van der Waals surface area contributed by atoms with E-state index in [0.717, 1.165) is 26.1 Å². The molecule has 0 unspecified atom stereocenters. The van der Waals surface area contributed by atoms with E-state index >= 15 is 0 Å². The van der Waals surface area contributed by atoms with Crippen LogP contribution in [0.2, 0.25) is 0 Å². The molecule has 0 saturated carbocycles. The summed E-state index contributed by atoms with van der Waals surface area (Å²) in [4.78, 5) is 4.43. The first kappa shape index (κ1) is 9.60. The van der Waals surface area contributed by atoms with Crippen molar-refractivity contribution in [2.24, 2.45) is 0 Å². The fraction of sp³-hybridized carbons (Fsp3) is 0. The zero-order chi connectivity index (χ0) is 11.1. The molecule has 0 atom stereocenters. The molecule has 0 aliphatic rings. The van der Waals surface area contributed by atoms with Crippen molar-refractivity contribution in [2.75, 3.05) is 5.73 Å². The molecule has 3 heteroatoms. The lowest BCUT2D eigenvalue weighted by Crippen LogP contribution is -1.93. The Morgan fingerprint density at radius 1 is 0.875 bits per heavy atom. The zero-order valence-corrected chi connectivity index (χ0v) is 10.0. The van der Waals surface area contributed by atoms with E-state index in [-0.39, 0.29) is 0 Å². The maximum atomic E-state index is 5.96. The summed E-state index contributed by atoms with van der Waals surface area (Å²) >= 11 is 3.50. The molecule has 0 radical (unpaired) electrons. The molecule has 1 aromatic heterocycles.